The molecule has 2 atom stereocenters. The molecular weight excluding hydrogens is 342 g/mol. The maximum absolute atomic E-state index is 12.7. The first-order chi connectivity index (χ1) is 11.9. The molecule has 2 unspecified atom stereocenters. The van der Waals surface area contributed by atoms with E-state index in [2.05, 4.69) is 5.32 Å². The Kier molecular flexibility index (Phi) is 4.93. The second kappa shape index (κ2) is 6.84. The molecule has 6 nitrogen and oxygen atoms in total. The molecule has 1 heterocycles. The first-order valence-corrected chi connectivity index (χ1v) is 8.91. The fourth-order valence-electron chi connectivity index (χ4n) is 3.41. The van der Waals surface area contributed by atoms with Crippen LogP contribution in [0.3, 0.4) is 0 Å². The SMILES string of the molecule is COc1ccc(Cl)cc1N1CC(C(=O)NC(C)(CN)C2CC2)CC1=O. The summed E-state index contributed by atoms with van der Waals surface area (Å²) >= 11 is 6.06. The Balaban J connectivity index is 1.74. The van der Waals surface area contributed by atoms with Gasteiger partial charge in [0.15, 0.2) is 0 Å². The number of nitrogens with two attached hydrogens (primary N) is 1. The largest absolute Gasteiger partial charge is 0.495 e. The molecule has 2 amide bonds. The lowest BCUT2D eigenvalue weighted by Crippen LogP contribution is -2.54. The minimum Gasteiger partial charge on any atom is -0.495 e. The summed E-state index contributed by atoms with van der Waals surface area (Å²) in [6, 6.07) is 5.11. The fraction of sp³-hybridized carbons (Fsp3) is 0.556. The van der Waals surface area contributed by atoms with Crippen molar-refractivity contribution in [2.45, 2.75) is 31.7 Å². The highest BCUT2D eigenvalue weighted by Crippen LogP contribution is 2.40. The molecule has 2 fully saturated rings. The summed E-state index contributed by atoms with van der Waals surface area (Å²) in [6.07, 6.45) is 2.35. The number of anilines is 1. The highest BCUT2D eigenvalue weighted by Gasteiger charge is 2.44. The number of hydrogen-bond acceptors (Lipinski definition) is 4. The highest BCUT2D eigenvalue weighted by molar-refractivity contribution is 6.31. The van der Waals surface area contributed by atoms with E-state index in [0.717, 1.165) is 12.8 Å². The topological polar surface area (TPSA) is 84.7 Å². The molecule has 1 aliphatic heterocycles. The first-order valence-electron chi connectivity index (χ1n) is 8.54. The van der Waals surface area contributed by atoms with E-state index in [0.29, 0.717) is 35.5 Å². The summed E-state index contributed by atoms with van der Waals surface area (Å²) in [5.74, 6) is 0.366. The number of nitrogens with one attached hydrogen (secondary N) is 1. The number of hydrogen-bond donors (Lipinski definition) is 2. The first kappa shape index (κ1) is 18.0. The minimum atomic E-state index is -0.402. The molecule has 1 saturated heterocycles. The zero-order valence-corrected chi connectivity index (χ0v) is 15.3. The molecule has 0 aromatic heterocycles. The van der Waals surface area contributed by atoms with E-state index in [-0.39, 0.29) is 23.8 Å². The van der Waals surface area contributed by atoms with Gasteiger partial charge in [-0.1, -0.05) is 11.6 Å². The molecule has 3 rings (SSSR count). The predicted molar refractivity (Wildman–Crippen MR) is 96.8 cm³/mol. The number of methoxy groups -OCH3 is 1. The predicted octanol–water partition coefficient (Wildman–Crippen LogP) is 1.95. The molecule has 1 aliphatic carbocycles. The van der Waals surface area contributed by atoms with Crippen molar-refractivity contribution < 1.29 is 14.3 Å². The standard InChI is InChI=1S/C18H24ClN3O3/c1-18(10-20,12-3-4-12)21-17(24)11-7-16(23)22(9-11)14-8-13(19)5-6-15(14)25-2/h5-6,8,11-12H,3-4,7,9-10,20H2,1-2H3,(H,21,24). The van der Waals surface area contributed by atoms with Crippen molar-refractivity contribution in [1.29, 1.82) is 0 Å². The lowest BCUT2D eigenvalue weighted by atomic mass is 9.94. The van der Waals surface area contributed by atoms with Crippen LogP contribution in [0.5, 0.6) is 5.75 Å². The third kappa shape index (κ3) is 3.60. The van der Waals surface area contributed by atoms with E-state index in [1.165, 1.54) is 0 Å². The Hall–Kier alpha value is -1.79. The van der Waals surface area contributed by atoms with E-state index in [1.54, 1.807) is 30.2 Å². The maximum atomic E-state index is 12.7. The van der Waals surface area contributed by atoms with E-state index in [9.17, 15) is 9.59 Å². The van der Waals surface area contributed by atoms with E-state index in [4.69, 9.17) is 22.1 Å². The summed E-state index contributed by atoms with van der Waals surface area (Å²) in [6.45, 7) is 2.69. The van der Waals surface area contributed by atoms with Gasteiger partial charge in [-0.2, -0.15) is 0 Å². The zero-order valence-electron chi connectivity index (χ0n) is 14.5. The average molecular weight is 366 g/mol. The Morgan fingerprint density at radius 1 is 1.48 bits per heavy atom. The third-order valence-corrected chi connectivity index (χ3v) is 5.47. The number of benzene rings is 1. The smallest absolute Gasteiger partial charge is 0.227 e. The minimum absolute atomic E-state index is 0.110. The second-order valence-electron chi connectivity index (χ2n) is 7.11. The number of nitrogens with zero attached hydrogens (tertiary/aromatic N) is 1. The normalized spacial score (nSPS) is 22.6. The van der Waals surface area contributed by atoms with Crippen molar-refractivity contribution in [3.63, 3.8) is 0 Å². The van der Waals surface area contributed by atoms with Gasteiger partial charge in [0.2, 0.25) is 11.8 Å². The molecule has 2 aliphatic rings. The van der Waals surface area contributed by atoms with Crippen LogP contribution in [0, 0.1) is 11.8 Å². The van der Waals surface area contributed by atoms with Gasteiger partial charge >= 0.3 is 0 Å². The highest BCUT2D eigenvalue weighted by atomic mass is 35.5. The van der Waals surface area contributed by atoms with E-state index >= 15 is 0 Å². The second-order valence-corrected chi connectivity index (χ2v) is 7.54. The quantitative estimate of drug-likeness (QED) is 0.806. The van der Waals surface area contributed by atoms with Crippen molar-refractivity contribution in [1.82, 2.24) is 5.32 Å². The van der Waals surface area contributed by atoms with Crippen LogP contribution in [-0.4, -0.2) is 37.6 Å². The summed E-state index contributed by atoms with van der Waals surface area (Å²) in [4.78, 5) is 26.7. The molecule has 7 heteroatoms. The Morgan fingerprint density at radius 3 is 2.80 bits per heavy atom. The number of carbonyl (C=O) groups is 2. The molecule has 1 saturated carbocycles. The monoisotopic (exact) mass is 365 g/mol. The molecule has 1 aromatic carbocycles. The van der Waals surface area contributed by atoms with Gasteiger partial charge in [-0.15, -0.1) is 0 Å². The van der Waals surface area contributed by atoms with Crippen LogP contribution in [0.2, 0.25) is 5.02 Å². The van der Waals surface area contributed by atoms with Crippen molar-refractivity contribution in [2.75, 3.05) is 25.1 Å². The van der Waals surface area contributed by atoms with Crippen LogP contribution in [0.25, 0.3) is 0 Å². The van der Waals surface area contributed by atoms with Crippen molar-refractivity contribution in [3.05, 3.63) is 23.2 Å². The number of ether oxygens (including phenoxy) is 1. The van der Waals surface area contributed by atoms with Crippen LogP contribution < -0.4 is 20.7 Å². The molecule has 1 aromatic rings. The van der Waals surface area contributed by atoms with Crippen LogP contribution in [0.4, 0.5) is 5.69 Å². The van der Waals surface area contributed by atoms with Gasteiger partial charge < -0.3 is 20.7 Å². The van der Waals surface area contributed by atoms with Gasteiger partial charge in [0, 0.05) is 24.5 Å². The Labute approximate surface area is 152 Å². The molecule has 0 spiro atoms. The molecule has 0 bridgehead atoms. The van der Waals surface area contributed by atoms with Crippen LogP contribution in [0.1, 0.15) is 26.2 Å². The van der Waals surface area contributed by atoms with E-state index < -0.39 is 5.92 Å². The Bertz CT molecular complexity index is 692. The van der Waals surface area contributed by atoms with Gasteiger partial charge in [0.05, 0.1) is 24.3 Å². The molecule has 25 heavy (non-hydrogen) atoms. The average Bonchev–Trinajstić information content (AvgIpc) is 3.38. The van der Waals surface area contributed by atoms with Gasteiger partial charge in [-0.05, 0) is 43.9 Å². The number of halogens is 1. The van der Waals surface area contributed by atoms with Crippen molar-refractivity contribution >= 4 is 29.1 Å². The summed E-state index contributed by atoms with van der Waals surface area (Å²) in [5.41, 5.74) is 6.08. The molecule has 3 N–H and O–H groups in total. The molecule has 0 radical (unpaired) electrons. The number of rotatable bonds is 6. The van der Waals surface area contributed by atoms with Crippen LogP contribution in [0.15, 0.2) is 18.2 Å². The molecule has 136 valence electrons. The van der Waals surface area contributed by atoms with Crippen molar-refractivity contribution in [3.8, 4) is 5.75 Å². The van der Waals surface area contributed by atoms with Gasteiger partial charge in [0.1, 0.15) is 5.75 Å². The molecular formula is C18H24ClN3O3. The summed E-state index contributed by atoms with van der Waals surface area (Å²) < 4.78 is 5.32. The third-order valence-electron chi connectivity index (χ3n) is 5.24. The van der Waals surface area contributed by atoms with Crippen LogP contribution >= 0.6 is 11.6 Å². The summed E-state index contributed by atoms with van der Waals surface area (Å²) in [5, 5.41) is 3.59. The number of amides is 2. The van der Waals surface area contributed by atoms with E-state index in [1.807, 2.05) is 6.92 Å². The van der Waals surface area contributed by atoms with Crippen LogP contribution in [-0.2, 0) is 9.59 Å². The Morgan fingerprint density at radius 2 is 2.20 bits per heavy atom. The van der Waals surface area contributed by atoms with Gasteiger partial charge in [-0.25, -0.2) is 0 Å². The van der Waals surface area contributed by atoms with Gasteiger partial charge in [0.25, 0.3) is 0 Å². The number of carbonyl (C=O) groups excluding carboxylic acids is 2. The zero-order chi connectivity index (χ0) is 18.2. The van der Waals surface area contributed by atoms with Crippen molar-refractivity contribution in [2.24, 2.45) is 17.6 Å². The lowest BCUT2D eigenvalue weighted by molar-refractivity contribution is -0.128. The van der Waals surface area contributed by atoms with Gasteiger partial charge in [-0.3, -0.25) is 9.59 Å². The maximum Gasteiger partial charge on any atom is 0.227 e. The lowest BCUT2D eigenvalue weighted by Gasteiger charge is -2.30. The fourth-order valence-corrected chi connectivity index (χ4v) is 3.58. The summed E-state index contributed by atoms with van der Waals surface area (Å²) in [7, 11) is 1.54.